The molecule has 5 heteroatoms. The average molecular weight is 333 g/mol. The van der Waals surface area contributed by atoms with Crippen molar-refractivity contribution >= 4 is 22.7 Å². The number of hydrogen-bond acceptors (Lipinski definition) is 5. The van der Waals surface area contributed by atoms with E-state index < -0.39 is 0 Å². The maximum Gasteiger partial charge on any atom is 0.314 e. The van der Waals surface area contributed by atoms with Crippen LogP contribution in [0.2, 0.25) is 0 Å². The largest absolute Gasteiger partial charge is 0.426 e. The first kappa shape index (κ1) is 15.6. The van der Waals surface area contributed by atoms with Gasteiger partial charge in [-0.2, -0.15) is 0 Å². The normalized spacial score (nSPS) is 15.3. The van der Waals surface area contributed by atoms with E-state index in [0.717, 1.165) is 42.7 Å². The van der Waals surface area contributed by atoms with Gasteiger partial charge in [0.15, 0.2) is 0 Å². The fourth-order valence-corrected chi connectivity index (χ4v) is 3.20. The molecule has 0 aliphatic carbocycles. The molecule has 25 heavy (non-hydrogen) atoms. The van der Waals surface area contributed by atoms with Crippen molar-refractivity contribution in [3.05, 3.63) is 60.9 Å². The highest BCUT2D eigenvalue weighted by molar-refractivity contribution is 5.85. The number of fused-ring (bicyclic) bond motifs is 1. The topological polar surface area (TPSA) is 55.3 Å². The average Bonchev–Trinajstić information content (AvgIpc) is 2.69. The van der Waals surface area contributed by atoms with E-state index in [1.165, 1.54) is 0 Å². The minimum Gasteiger partial charge on any atom is -0.426 e. The smallest absolute Gasteiger partial charge is 0.314 e. The third-order valence-electron chi connectivity index (χ3n) is 4.60. The lowest BCUT2D eigenvalue weighted by molar-refractivity contribution is -0.139. The fraction of sp³-hybridized carbons (Fsp3) is 0.250. The Morgan fingerprint density at radius 2 is 1.68 bits per heavy atom. The molecule has 0 spiro atoms. The minimum absolute atomic E-state index is 0.0774. The number of ether oxygens (including phenoxy) is 1. The maximum absolute atomic E-state index is 12.5. The Bertz CT molecular complexity index is 874. The van der Waals surface area contributed by atoms with Gasteiger partial charge in [0.2, 0.25) is 5.95 Å². The summed E-state index contributed by atoms with van der Waals surface area (Å²) in [6.45, 7) is 1.53. The molecular formula is C20H19N3O2. The van der Waals surface area contributed by atoms with E-state index in [0.29, 0.717) is 5.75 Å². The molecule has 1 fully saturated rings. The number of nitrogens with zero attached hydrogens (tertiary/aromatic N) is 3. The van der Waals surface area contributed by atoms with Crippen LogP contribution in [-0.2, 0) is 4.79 Å². The first-order valence-corrected chi connectivity index (χ1v) is 8.52. The van der Waals surface area contributed by atoms with Crippen LogP contribution in [0.5, 0.6) is 5.75 Å². The molecule has 0 atom stereocenters. The molecule has 126 valence electrons. The van der Waals surface area contributed by atoms with Crippen molar-refractivity contribution in [1.82, 2.24) is 9.97 Å². The van der Waals surface area contributed by atoms with Crippen molar-refractivity contribution in [3.63, 3.8) is 0 Å². The zero-order chi connectivity index (χ0) is 17.1. The van der Waals surface area contributed by atoms with Crippen LogP contribution in [0.25, 0.3) is 10.8 Å². The van der Waals surface area contributed by atoms with Crippen molar-refractivity contribution in [2.75, 3.05) is 18.0 Å². The molecule has 0 amide bonds. The predicted octanol–water partition coefficient (Wildman–Crippen LogP) is 3.45. The summed E-state index contributed by atoms with van der Waals surface area (Å²) in [6.07, 6.45) is 4.99. The van der Waals surface area contributed by atoms with Crippen LogP contribution in [0.15, 0.2) is 60.9 Å². The van der Waals surface area contributed by atoms with Gasteiger partial charge in [0.05, 0.1) is 5.92 Å². The molecule has 1 aliphatic heterocycles. The summed E-state index contributed by atoms with van der Waals surface area (Å²) in [6, 6.07) is 15.6. The van der Waals surface area contributed by atoms with Gasteiger partial charge in [-0.3, -0.25) is 4.79 Å². The highest BCUT2D eigenvalue weighted by Gasteiger charge is 2.27. The summed E-state index contributed by atoms with van der Waals surface area (Å²) in [5, 5.41) is 2.21. The van der Waals surface area contributed by atoms with Crippen molar-refractivity contribution in [3.8, 4) is 5.75 Å². The Kier molecular flexibility index (Phi) is 4.29. The van der Waals surface area contributed by atoms with Crippen molar-refractivity contribution in [2.45, 2.75) is 12.8 Å². The van der Waals surface area contributed by atoms with E-state index in [1.807, 2.05) is 42.5 Å². The van der Waals surface area contributed by atoms with E-state index in [4.69, 9.17) is 4.74 Å². The Labute approximate surface area is 146 Å². The van der Waals surface area contributed by atoms with Gasteiger partial charge < -0.3 is 9.64 Å². The van der Waals surface area contributed by atoms with Crippen molar-refractivity contribution in [1.29, 1.82) is 0 Å². The fourth-order valence-electron chi connectivity index (χ4n) is 3.20. The third-order valence-corrected chi connectivity index (χ3v) is 4.60. The number of carbonyl (C=O) groups excluding carboxylic acids is 1. The number of benzene rings is 2. The number of aromatic nitrogens is 2. The molecule has 2 heterocycles. The standard InChI is InChI=1S/C20H19N3O2/c24-19(25-18-7-6-15-4-1-2-5-17(15)14-18)16-8-12-23(13-9-16)20-21-10-3-11-22-20/h1-7,10-11,14,16H,8-9,12-13H2. The molecule has 5 nitrogen and oxygen atoms in total. The first-order chi connectivity index (χ1) is 12.3. The number of anilines is 1. The molecule has 1 saturated heterocycles. The number of hydrogen-bond donors (Lipinski definition) is 0. The van der Waals surface area contributed by atoms with Crippen LogP contribution in [0.4, 0.5) is 5.95 Å². The summed E-state index contributed by atoms with van der Waals surface area (Å²) in [5.74, 6) is 1.11. The summed E-state index contributed by atoms with van der Waals surface area (Å²) in [7, 11) is 0. The first-order valence-electron chi connectivity index (χ1n) is 8.52. The molecule has 0 radical (unpaired) electrons. The summed E-state index contributed by atoms with van der Waals surface area (Å²) in [4.78, 5) is 23.1. The number of piperidine rings is 1. The monoisotopic (exact) mass is 333 g/mol. The highest BCUT2D eigenvalue weighted by Crippen LogP contribution is 2.25. The van der Waals surface area contributed by atoms with Gasteiger partial charge in [0.1, 0.15) is 5.75 Å². The molecule has 1 aliphatic rings. The zero-order valence-corrected chi connectivity index (χ0v) is 13.8. The lowest BCUT2D eigenvalue weighted by Gasteiger charge is -2.30. The van der Waals surface area contributed by atoms with Crippen LogP contribution < -0.4 is 9.64 Å². The summed E-state index contributed by atoms with van der Waals surface area (Å²) in [5.41, 5.74) is 0. The van der Waals surface area contributed by atoms with Gasteiger partial charge in [0.25, 0.3) is 0 Å². The predicted molar refractivity (Wildman–Crippen MR) is 96.6 cm³/mol. The molecule has 0 bridgehead atoms. The van der Waals surface area contributed by atoms with Gasteiger partial charge in [-0.15, -0.1) is 0 Å². The van der Waals surface area contributed by atoms with Crippen LogP contribution in [0.3, 0.4) is 0 Å². The third kappa shape index (κ3) is 3.45. The van der Waals surface area contributed by atoms with E-state index in [2.05, 4.69) is 14.9 Å². The second-order valence-corrected chi connectivity index (χ2v) is 6.24. The number of rotatable bonds is 3. The summed E-state index contributed by atoms with van der Waals surface area (Å²) < 4.78 is 5.61. The van der Waals surface area contributed by atoms with Crippen molar-refractivity contribution < 1.29 is 9.53 Å². The Hall–Kier alpha value is -2.95. The highest BCUT2D eigenvalue weighted by atomic mass is 16.5. The van der Waals surface area contributed by atoms with Crippen LogP contribution in [0, 0.1) is 5.92 Å². The van der Waals surface area contributed by atoms with Gasteiger partial charge in [0, 0.05) is 25.5 Å². The minimum atomic E-state index is -0.149. The summed E-state index contributed by atoms with van der Waals surface area (Å²) >= 11 is 0. The van der Waals surface area contributed by atoms with Gasteiger partial charge in [-0.05, 0) is 41.8 Å². The molecule has 0 N–H and O–H groups in total. The Balaban J connectivity index is 1.38. The molecule has 3 aromatic rings. The molecule has 4 rings (SSSR count). The van der Waals surface area contributed by atoms with Crippen LogP contribution >= 0.6 is 0 Å². The number of carbonyl (C=O) groups is 1. The van der Waals surface area contributed by atoms with Gasteiger partial charge in [-0.1, -0.05) is 30.3 Å². The van der Waals surface area contributed by atoms with Crippen LogP contribution in [-0.4, -0.2) is 29.0 Å². The van der Waals surface area contributed by atoms with Crippen molar-refractivity contribution in [2.24, 2.45) is 5.92 Å². The van der Waals surface area contributed by atoms with E-state index in [-0.39, 0.29) is 11.9 Å². The molecule has 0 unspecified atom stereocenters. The molecule has 2 aromatic carbocycles. The lowest BCUT2D eigenvalue weighted by atomic mass is 9.97. The quantitative estimate of drug-likeness (QED) is 0.543. The Morgan fingerprint density at radius 3 is 2.44 bits per heavy atom. The van der Waals surface area contributed by atoms with Gasteiger partial charge >= 0.3 is 5.97 Å². The molecule has 1 aromatic heterocycles. The number of esters is 1. The maximum atomic E-state index is 12.5. The molecular weight excluding hydrogens is 314 g/mol. The van der Waals surface area contributed by atoms with E-state index >= 15 is 0 Å². The van der Waals surface area contributed by atoms with Crippen LogP contribution in [0.1, 0.15) is 12.8 Å². The molecule has 0 saturated carbocycles. The zero-order valence-electron chi connectivity index (χ0n) is 13.8. The second kappa shape index (κ2) is 6.89. The van der Waals surface area contributed by atoms with Gasteiger partial charge in [-0.25, -0.2) is 9.97 Å². The second-order valence-electron chi connectivity index (χ2n) is 6.24. The van der Waals surface area contributed by atoms with E-state index in [1.54, 1.807) is 18.5 Å². The van der Waals surface area contributed by atoms with E-state index in [9.17, 15) is 4.79 Å². The lowest BCUT2D eigenvalue weighted by Crippen LogP contribution is -2.38. The Morgan fingerprint density at radius 1 is 0.960 bits per heavy atom. The SMILES string of the molecule is O=C(Oc1ccc2ccccc2c1)C1CCN(c2ncccn2)CC1.